The molecule has 1 aliphatic rings. The summed E-state index contributed by atoms with van der Waals surface area (Å²) in [6.45, 7) is 10.0. The molecular formula is C16H27N3. The van der Waals surface area contributed by atoms with Gasteiger partial charge in [0.15, 0.2) is 0 Å². The highest BCUT2D eigenvalue weighted by Gasteiger charge is 2.26. The van der Waals surface area contributed by atoms with Crippen LogP contribution in [-0.2, 0) is 6.54 Å². The van der Waals surface area contributed by atoms with Crippen molar-refractivity contribution in [1.29, 1.82) is 0 Å². The number of anilines is 1. The van der Waals surface area contributed by atoms with E-state index in [-0.39, 0.29) is 0 Å². The Bertz CT molecular complexity index is 418. The second-order valence-corrected chi connectivity index (χ2v) is 5.91. The first-order valence-electron chi connectivity index (χ1n) is 7.24. The number of benzene rings is 1. The summed E-state index contributed by atoms with van der Waals surface area (Å²) in [5.41, 5.74) is 4.14. The Kier molecular flexibility index (Phi) is 4.48. The fraction of sp³-hybridized carbons (Fsp3) is 0.625. The molecule has 106 valence electrons. The van der Waals surface area contributed by atoms with Crippen molar-refractivity contribution < 1.29 is 0 Å². The molecule has 3 heteroatoms. The van der Waals surface area contributed by atoms with Crippen molar-refractivity contribution in [2.75, 3.05) is 32.1 Å². The molecule has 3 nitrogen and oxygen atoms in total. The summed E-state index contributed by atoms with van der Waals surface area (Å²) in [4.78, 5) is 4.99. The fourth-order valence-electron chi connectivity index (χ4n) is 2.88. The molecule has 0 radical (unpaired) electrons. The molecule has 0 spiro atoms. The highest BCUT2D eigenvalue weighted by atomic mass is 15.3. The average molecular weight is 261 g/mol. The van der Waals surface area contributed by atoms with Crippen molar-refractivity contribution in [1.82, 2.24) is 10.2 Å². The van der Waals surface area contributed by atoms with Crippen LogP contribution in [0.3, 0.4) is 0 Å². The molecule has 1 aromatic carbocycles. The number of aryl methyl sites for hydroxylation is 1. The normalized spacial score (nSPS) is 24.8. The van der Waals surface area contributed by atoms with Crippen LogP contribution in [0.4, 0.5) is 5.69 Å². The van der Waals surface area contributed by atoms with E-state index < -0.39 is 0 Å². The van der Waals surface area contributed by atoms with Crippen molar-refractivity contribution in [2.24, 2.45) is 0 Å². The number of nitrogens with one attached hydrogen (secondary N) is 1. The van der Waals surface area contributed by atoms with Crippen molar-refractivity contribution >= 4 is 5.69 Å². The molecule has 0 aliphatic carbocycles. The summed E-state index contributed by atoms with van der Waals surface area (Å²) in [6, 6.07) is 8.08. The van der Waals surface area contributed by atoms with Gasteiger partial charge in [0.1, 0.15) is 0 Å². The van der Waals surface area contributed by atoms with Gasteiger partial charge in [-0.1, -0.05) is 6.07 Å². The molecular weight excluding hydrogens is 234 g/mol. The maximum atomic E-state index is 3.22. The number of hydrogen-bond donors (Lipinski definition) is 1. The number of piperazine rings is 1. The first-order chi connectivity index (χ1) is 9.02. The largest absolute Gasteiger partial charge is 0.368 e. The summed E-state index contributed by atoms with van der Waals surface area (Å²) in [5, 5.41) is 3.22. The second kappa shape index (κ2) is 5.93. The Morgan fingerprint density at radius 3 is 2.37 bits per heavy atom. The zero-order valence-electron chi connectivity index (χ0n) is 12.9. The minimum absolute atomic E-state index is 0.612. The second-order valence-electron chi connectivity index (χ2n) is 5.91. The Labute approximate surface area is 117 Å². The van der Waals surface area contributed by atoms with Crippen molar-refractivity contribution in [3.8, 4) is 0 Å². The Morgan fingerprint density at radius 2 is 1.84 bits per heavy atom. The van der Waals surface area contributed by atoms with E-state index in [1.807, 2.05) is 7.05 Å². The van der Waals surface area contributed by atoms with Crippen LogP contribution in [0.2, 0.25) is 0 Å². The molecule has 0 aromatic heterocycles. The predicted octanol–water partition coefficient (Wildman–Crippen LogP) is 2.24. The van der Waals surface area contributed by atoms with Gasteiger partial charge in [0.2, 0.25) is 0 Å². The Hall–Kier alpha value is -1.06. The van der Waals surface area contributed by atoms with Gasteiger partial charge in [-0.2, -0.15) is 0 Å². The lowest BCUT2D eigenvalue weighted by molar-refractivity contribution is 0.170. The minimum Gasteiger partial charge on any atom is -0.368 e. The molecule has 1 heterocycles. The predicted molar refractivity (Wildman–Crippen MR) is 82.8 cm³/mol. The topological polar surface area (TPSA) is 18.5 Å². The van der Waals surface area contributed by atoms with Crippen LogP contribution in [0.5, 0.6) is 0 Å². The summed E-state index contributed by atoms with van der Waals surface area (Å²) in [6.07, 6.45) is 0. The minimum atomic E-state index is 0.612. The van der Waals surface area contributed by atoms with Gasteiger partial charge in [0.25, 0.3) is 0 Å². The third kappa shape index (κ3) is 3.10. The highest BCUT2D eigenvalue weighted by molar-refractivity contribution is 5.51. The van der Waals surface area contributed by atoms with Crippen LogP contribution < -0.4 is 10.2 Å². The zero-order valence-corrected chi connectivity index (χ0v) is 12.9. The van der Waals surface area contributed by atoms with E-state index in [1.165, 1.54) is 16.8 Å². The Balaban J connectivity index is 2.16. The Morgan fingerprint density at radius 1 is 1.21 bits per heavy atom. The van der Waals surface area contributed by atoms with Gasteiger partial charge < -0.3 is 10.2 Å². The van der Waals surface area contributed by atoms with Crippen LogP contribution in [0.15, 0.2) is 18.2 Å². The maximum absolute atomic E-state index is 3.22. The van der Waals surface area contributed by atoms with Crippen LogP contribution in [0.1, 0.15) is 25.0 Å². The van der Waals surface area contributed by atoms with Crippen molar-refractivity contribution in [2.45, 2.75) is 39.4 Å². The van der Waals surface area contributed by atoms with E-state index in [2.05, 4.69) is 61.1 Å². The number of likely N-dealkylation sites (N-methyl/N-ethyl adjacent to an activating group) is 1. The van der Waals surface area contributed by atoms with Gasteiger partial charge in [0, 0.05) is 37.4 Å². The molecule has 0 saturated carbocycles. The first kappa shape index (κ1) is 14.4. The first-order valence-corrected chi connectivity index (χ1v) is 7.24. The van der Waals surface area contributed by atoms with Crippen LogP contribution in [0, 0.1) is 6.92 Å². The summed E-state index contributed by atoms with van der Waals surface area (Å²) < 4.78 is 0. The van der Waals surface area contributed by atoms with E-state index in [4.69, 9.17) is 0 Å². The molecule has 19 heavy (non-hydrogen) atoms. The summed E-state index contributed by atoms with van der Waals surface area (Å²) >= 11 is 0. The molecule has 2 atom stereocenters. The van der Waals surface area contributed by atoms with E-state index in [0.717, 1.165) is 19.6 Å². The van der Waals surface area contributed by atoms with Crippen LogP contribution >= 0.6 is 0 Å². The lowest BCUT2D eigenvalue weighted by atomic mass is 10.0. The monoisotopic (exact) mass is 261 g/mol. The molecule has 1 N–H and O–H groups in total. The third-order valence-electron chi connectivity index (χ3n) is 4.42. The number of nitrogens with zero attached hydrogens (tertiary/aromatic N) is 2. The number of hydrogen-bond acceptors (Lipinski definition) is 3. The molecule has 1 saturated heterocycles. The van der Waals surface area contributed by atoms with Gasteiger partial charge in [-0.25, -0.2) is 0 Å². The number of rotatable bonds is 3. The van der Waals surface area contributed by atoms with Gasteiger partial charge in [-0.3, -0.25) is 4.90 Å². The molecule has 0 bridgehead atoms. The van der Waals surface area contributed by atoms with Crippen LogP contribution in [-0.4, -0.2) is 44.2 Å². The van der Waals surface area contributed by atoms with E-state index in [1.54, 1.807) is 0 Å². The lowest BCUT2D eigenvalue weighted by Gasteiger charge is -2.43. The molecule has 1 aromatic rings. The molecule has 2 rings (SSSR count). The SMILES string of the molecule is CNCc1ccc(N2CC(C)N(C)C(C)C2)cc1C. The quantitative estimate of drug-likeness (QED) is 0.900. The molecule has 1 aliphatic heterocycles. The standard InChI is InChI=1S/C16H27N3/c1-12-8-16(7-6-15(12)9-17-4)19-10-13(2)18(5)14(3)11-19/h6-8,13-14,17H,9-11H2,1-5H3. The molecule has 2 unspecified atom stereocenters. The summed E-state index contributed by atoms with van der Waals surface area (Å²) in [7, 11) is 4.23. The third-order valence-corrected chi connectivity index (χ3v) is 4.42. The van der Waals surface area contributed by atoms with Crippen molar-refractivity contribution in [3.05, 3.63) is 29.3 Å². The van der Waals surface area contributed by atoms with E-state index >= 15 is 0 Å². The lowest BCUT2D eigenvalue weighted by Crippen LogP contribution is -2.55. The smallest absolute Gasteiger partial charge is 0.0370 e. The molecule has 0 amide bonds. The maximum Gasteiger partial charge on any atom is 0.0370 e. The average Bonchev–Trinajstić information content (AvgIpc) is 2.38. The van der Waals surface area contributed by atoms with Crippen LogP contribution in [0.25, 0.3) is 0 Å². The van der Waals surface area contributed by atoms with Gasteiger partial charge in [-0.15, -0.1) is 0 Å². The van der Waals surface area contributed by atoms with Gasteiger partial charge in [0.05, 0.1) is 0 Å². The zero-order chi connectivity index (χ0) is 14.0. The van der Waals surface area contributed by atoms with Gasteiger partial charge >= 0.3 is 0 Å². The summed E-state index contributed by atoms with van der Waals surface area (Å²) in [5.74, 6) is 0. The fourth-order valence-corrected chi connectivity index (χ4v) is 2.88. The molecule has 1 fully saturated rings. The van der Waals surface area contributed by atoms with E-state index in [9.17, 15) is 0 Å². The van der Waals surface area contributed by atoms with E-state index in [0.29, 0.717) is 12.1 Å². The van der Waals surface area contributed by atoms with Gasteiger partial charge in [-0.05, 0) is 58.1 Å². The highest BCUT2D eigenvalue weighted by Crippen LogP contribution is 2.24. The van der Waals surface area contributed by atoms with Crippen molar-refractivity contribution in [3.63, 3.8) is 0 Å².